The molecule has 1 saturated heterocycles. The number of hydrogen-bond acceptors (Lipinski definition) is 6. The molecule has 0 atom stereocenters. The normalized spacial score (nSPS) is 15.1. The van der Waals surface area contributed by atoms with Crippen LogP contribution in [0.25, 0.3) is 11.0 Å². The molecule has 1 aliphatic heterocycles. The highest BCUT2D eigenvalue weighted by Gasteiger charge is 2.21. The van der Waals surface area contributed by atoms with E-state index in [-0.39, 0.29) is 11.4 Å². The third-order valence-corrected chi connectivity index (χ3v) is 5.41. The molecule has 6 heteroatoms. The van der Waals surface area contributed by atoms with E-state index in [1.165, 1.54) is 0 Å². The lowest BCUT2D eigenvalue weighted by Crippen LogP contribution is -2.46. The topological polar surface area (TPSA) is 66.2 Å². The first-order chi connectivity index (χ1) is 13.6. The predicted octanol–water partition coefficient (Wildman–Crippen LogP) is 3.14. The predicted molar refractivity (Wildman–Crippen MR) is 109 cm³/mol. The van der Waals surface area contributed by atoms with Gasteiger partial charge < -0.3 is 19.2 Å². The van der Waals surface area contributed by atoms with Gasteiger partial charge in [-0.2, -0.15) is 0 Å². The Morgan fingerprint density at radius 1 is 1.11 bits per heavy atom. The summed E-state index contributed by atoms with van der Waals surface area (Å²) in [5.41, 5.74) is 2.72. The van der Waals surface area contributed by atoms with Gasteiger partial charge in [0.05, 0.1) is 12.8 Å². The van der Waals surface area contributed by atoms with E-state index in [0.717, 1.165) is 48.6 Å². The van der Waals surface area contributed by atoms with E-state index in [1.54, 1.807) is 26.2 Å². The monoisotopic (exact) mass is 380 g/mol. The largest absolute Gasteiger partial charge is 0.508 e. The molecule has 2 heterocycles. The highest BCUT2D eigenvalue weighted by molar-refractivity contribution is 5.84. The van der Waals surface area contributed by atoms with E-state index in [9.17, 15) is 9.90 Å². The van der Waals surface area contributed by atoms with Gasteiger partial charge in [-0.1, -0.05) is 12.1 Å². The molecule has 6 nitrogen and oxygen atoms in total. The second-order valence-corrected chi connectivity index (χ2v) is 7.11. The molecule has 0 unspecified atom stereocenters. The number of phenolic OH excluding ortho intramolecular Hbond substituents is 1. The molecule has 2 aromatic carbocycles. The molecule has 1 aliphatic rings. The summed E-state index contributed by atoms with van der Waals surface area (Å²) in [5, 5.41) is 10.8. The summed E-state index contributed by atoms with van der Waals surface area (Å²) < 4.78 is 10.8. The summed E-state index contributed by atoms with van der Waals surface area (Å²) in [4.78, 5) is 16.7. The van der Waals surface area contributed by atoms with Crippen molar-refractivity contribution in [1.82, 2.24) is 4.90 Å². The van der Waals surface area contributed by atoms with Gasteiger partial charge in [-0.25, -0.2) is 4.79 Å². The zero-order chi connectivity index (χ0) is 19.7. The van der Waals surface area contributed by atoms with Crippen LogP contribution in [0.2, 0.25) is 0 Å². The summed E-state index contributed by atoms with van der Waals surface area (Å²) in [5.74, 6) is 1.02. The number of ether oxygens (including phenoxy) is 1. The van der Waals surface area contributed by atoms with Gasteiger partial charge in [0.2, 0.25) is 0 Å². The molecule has 0 saturated carbocycles. The Balaban J connectivity index is 1.53. The molecule has 1 aromatic heterocycles. The Morgan fingerprint density at radius 3 is 2.61 bits per heavy atom. The van der Waals surface area contributed by atoms with Crippen LogP contribution in [0, 0.1) is 6.92 Å². The fourth-order valence-electron chi connectivity index (χ4n) is 3.83. The van der Waals surface area contributed by atoms with Crippen molar-refractivity contribution >= 4 is 16.7 Å². The van der Waals surface area contributed by atoms with E-state index in [1.807, 2.05) is 24.3 Å². The fourth-order valence-corrected chi connectivity index (χ4v) is 3.83. The smallest absolute Gasteiger partial charge is 0.336 e. The number of nitrogens with zero attached hydrogens (tertiary/aromatic N) is 2. The van der Waals surface area contributed by atoms with E-state index in [0.29, 0.717) is 17.7 Å². The number of aryl methyl sites for hydroxylation is 1. The quantitative estimate of drug-likeness (QED) is 0.702. The lowest BCUT2D eigenvalue weighted by Gasteiger charge is -2.36. The molecule has 3 aromatic rings. The van der Waals surface area contributed by atoms with Gasteiger partial charge >= 0.3 is 5.63 Å². The van der Waals surface area contributed by atoms with Crippen molar-refractivity contribution in [1.29, 1.82) is 0 Å². The summed E-state index contributed by atoms with van der Waals surface area (Å²) in [6, 6.07) is 13.1. The van der Waals surface area contributed by atoms with Crippen molar-refractivity contribution in [3.05, 3.63) is 64.0 Å². The Kier molecular flexibility index (Phi) is 4.96. The number of aromatic hydroxyl groups is 1. The molecule has 0 aliphatic carbocycles. The van der Waals surface area contributed by atoms with Gasteiger partial charge in [0.1, 0.15) is 17.1 Å². The van der Waals surface area contributed by atoms with Crippen LogP contribution in [0.1, 0.15) is 11.1 Å². The highest BCUT2D eigenvalue weighted by Crippen LogP contribution is 2.30. The van der Waals surface area contributed by atoms with Crippen LogP contribution in [0.4, 0.5) is 5.69 Å². The van der Waals surface area contributed by atoms with Gasteiger partial charge in [0.25, 0.3) is 0 Å². The number of anilines is 1. The van der Waals surface area contributed by atoms with Gasteiger partial charge in [0.15, 0.2) is 0 Å². The van der Waals surface area contributed by atoms with Crippen molar-refractivity contribution in [2.24, 2.45) is 0 Å². The zero-order valence-corrected chi connectivity index (χ0v) is 16.1. The van der Waals surface area contributed by atoms with Crippen molar-refractivity contribution in [3.63, 3.8) is 0 Å². The van der Waals surface area contributed by atoms with E-state index in [4.69, 9.17) is 9.15 Å². The number of fused-ring (bicyclic) bond motifs is 1. The van der Waals surface area contributed by atoms with Crippen LogP contribution in [-0.2, 0) is 6.54 Å². The Morgan fingerprint density at radius 2 is 1.86 bits per heavy atom. The van der Waals surface area contributed by atoms with Crippen molar-refractivity contribution in [3.8, 4) is 11.5 Å². The number of benzene rings is 2. The second-order valence-electron chi connectivity index (χ2n) is 7.11. The molecule has 1 N–H and O–H groups in total. The molecule has 0 amide bonds. The molecule has 0 radical (unpaired) electrons. The molecule has 0 spiro atoms. The minimum absolute atomic E-state index is 0.137. The van der Waals surface area contributed by atoms with Crippen molar-refractivity contribution in [2.45, 2.75) is 13.5 Å². The van der Waals surface area contributed by atoms with Gasteiger partial charge in [-0.3, -0.25) is 4.90 Å². The van der Waals surface area contributed by atoms with E-state index < -0.39 is 0 Å². The number of methoxy groups -OCH3 is 1. The molecule has 4 rings (SSSR count). The lowest BCUT2D eigenvalue weighted by molar-refractivity contribution is 0.249. The maximum absolute atomic E-state index is 12.0. The van der Waals surface area contributed by atoms with Gasteiger partial charge in [0, 0.05) is 49.7 Å². The number of rotatable bonds is 4. The third kappa shape index (κ3) is 3.43. The van der Waals surface area contributed by atoms with Crippen LogP contribution < -0.4 is 15.3 Å². The number of hydrogen-bond donors (Lipinski definition) is 1. The Hall–Kier alpha value is -2.99. The Labute approximate surface area is 163 Å². The molecular weight excluding hydrogens is 356 g/mol. The average Bonchev–Trinajstić information content (AvgIpc) is 2.71. The van der Waals surface area contributed by atoms with E-state index >= 15 is 0 Å². The average molecular weight is 380 g/mol. The van der Waals surface area contributed by atoms with Crippen molar-refractivity contribution in [2.75, 3.05) is 38.2 Å². The summed E-state index contributed by atoms with van der Waals surface area (Å²) in [6.45, 7) is 5.98. The van der Waals surface area contributed by atoms with E-state index in [2.05, 4.69) is 15.9 Å². The summed E-state index contributed by atoms with van der Waals surface area (Å²) >= 11 is 0. The minimum Gasteiger partial charge on any atom is -0.508 e. The number of piperazine rings is 1. The summed E-state index contributed by atoms with van der Waals surface area (Å²) in [7, 11) is 1.70. The van der Waals surface area contributed by atoms with Crippen LogP contribution in [-0.4, -0.2) is 43.3 Å². The first-order valence-corrected chi connectivity index (χ1v) is 9.42. The molecule has 146 valence electrons. The summed E-state index contributed by atoms with van der Waals surface area (Å²) in [6.07, 6.45) is 0. The SMILES string of the molecule is COc1ccccc1N1CCN(Cc2cc(=O)oc3c(C)c(O)ccc23)CC1. The van der Waals surface area contributed by atoms with Gasteiger partial charge in [-0.15, -0.1) is 0 Å². The second kappa shape index (κ2) is 7.56. The number of para-hydroxylation sites is 2. The van der Waals surface area contributed by atoms with Crippen LogP contribution >= 0.6 is 0 Å². The van der Waals surface area contributed by atoms with Crippen molar-refractivity contribution < 1.29 is 14.3 Å². The number of phenols is 1. The first kappa shape index (κ1) is 18.4. The molecule has 0 bridgehead atoms. The first-order valence-electron chi connectivity index (χ1n) is 9.42. The van der Waals surface area contributed by atoms with Crippen LogP contribution in [0.5, 0.6) is 11.5 Å². The minimum atomic E-state index is -0.385. The molecule has 1 fully saturated rings. The molecular formula is C22H24N2O4. The maximum Gasteiger partial charge on any atom is 0.336 e. The Bertz CT molecular complexity index is 1050. The highest BCUT2D eigenvalue weighted by atomic mass is 16.5. The van der Waals surface area contributed by atoms with Crippen LogP contribution in [0.15, 0.2) is 51.7 Å². The van der Waals surface area contributed by atoms with Gasteiger partial charge in [-0.05, 0) is 36.8 Å². The maximum atomic E-state index is 12.0. The standard InChI is InChI=1S/C22H24N2O4/c1-15-19(25)8-7-17-16(13-21(26)28-22(15)17)14-23-9-11-24(12-10-23)18-5-3-4-6-20(18)27-2/h3-8,13,25H,9-12,14H2,1-2H3. The fraction of sp³-hybridized carbons (Fsp3) is 0.318. The van der Waals surface area contributed by atoms with Crippen LogP contribution in [0.3, 0.4) is 0 Å². The zero-order valence-electron chi connectivity index (χ0n) is 16.1. The third-order valence-electron chi connectivity index (χ3n) is 5.41. The molecule has 28 heavy (non-hydrogen) atoms. The lowest BCUT2D eigenvalue weighted by atomic mass is 10.1.